The van der Waals surface area contributed by atoms with Gasteiger partial charge in [-0.25, -0.2) is 0 Å². The normalized spacial score (nSPS) is 12.8. The number of rotatable bonds is 16. The molecule has 0 aliphatic carbocycles. The van der Waals surface area contributed by atoms with E-state index in [9.17, 15) is 0 Å². The third kappa shape index (κ3) is 14.3. The van der Waals surface area contributed by atoms with Crippen LogP contribution >= 0.6 is 0 Å². The molecule has 3 heteroatoms. The zero-order chi connectivity index (χ0) is 14.9. The highest BCUT2D eigenvalue weighted by molar-refractivity contribution is 4.58. The minimum atomic E-state index is 0.216. The summed E-state index contributed by atoms with van der Waals surface area (Å²) in [6, 6.07) is 0. The number of aliphatic hydroxyl groups excluding tert-OH is 1. The van der Waals surface area contributed by atoms with Crippen molar-refractivity contribution in [1.82, 2.24) is 0 Å². The first-order valence-corrected chi connectivity index (χ1v) is 8.61. The van der Waals surface area contributed by atoms with E-state index in [1.807, 2.05) is 0 Å². The van der Waals surface area contributed by atoms with E-state index in [0.717, 1.165) is 38.6 Å². The molecule has 0 spiro atoms. The van der Waals surface area contributed by atoms with Gasteiger partial charge >= 0.3 is 0 Å². The van der Waals surface area contributed by atoms with Gasteiger partial charge in [0.05, 0.1) is 0 Å². The molecule has 0 bridgehead atoms. The Hall–Kier alpha value is -0.120. The van der Waals surface area contributed by atoms with Gasteiger partial charge in [0.1, 0.15) is 0 Å². The molecule has 0 fully saturated rings. The van der Waals surface area contributed by atoms with E-state index in [2.05, 4.69) is 13.8 Å². The minimum Gasteiger partial charge on any atom is -0.396 e. The summed E-state index contributed by atoms with van der Waals surface area (Å²) in [6.45, 7) is 7.85. The van der Waals surface area contributed by atoms with Crippen LogP contribution in [0.15, 0.2) is 0 Å². The second kappa shape index (κ2) is 16.9. The zero-order valence-electron chi connectivity index (χ0n) is 13.7. The molecule has 0 rings (SSSR count). The highest BCUT2D eigenvalue weighted by Crippen LogP contribution is 2.16. The molecule has 0 aromatic rings. The molecule has 0 saturated carbocycles. The lowest BCUT2D eigenvalue weighted by Crippen LogP contribution is -2.11. The number of aliphatic hydroxyl groups is 1. The van der Waals surface area contributed by atoms with Gasteiger partial charge in [-0.1, -0.05) is 46.0 Å². The van der Waals surface area contributed by atoms with Crippen molar-refractivity contribution >= 4 is 0 Å². The van der Waals surface area contributed by atoms with Crippen LogP contribution in [-0.4, -0.2) is 38.1 Å². The Balaban J connectivity index is 3.40. The van der Waals surface area contributed by atoms with Crippen molar-refractivity contribution in [2.45, 2.75) is 71.6 Å². The van der Waals surface area contributed by atoms with Gasteiger partial charge in [0.2, 0.25) is 0 Å². The van der Waals surface area contributed by atoms with Crippen LogP contribution in [0.25, 0.3) is 0 Å². The topological polar surface area (TPSA) is 38.7 Å². The summed E-state index contributed by atoms with van der Waals surface area (Å²) in [5.41, 5.74) is 0. The molecule has 0 aliphatic heterocycles. The quantitative estimate of drug-likeness (QED) is 0.433. The SMILES string of the molecule is CCCCCCC(CCC)COCCCOCCCO. The molecule has 122 valence electrons. The van der Waals surface area contributed by atoms with Crippen molar-refractivity contribution in [3.8, 4) is 0 Å². The van der Waals surface area contributed by atoms with Crippen molar-refractivity contribution < 1.29 is 14.6 Å². The summed E-state index contributed by atoms with van der Waals surface area (Å²) in [5.74, 6) is 0.743. The smallest absolute Gasteiger partial charge is 0.0494 e. The fraction of sp³-hybridized carbons (Fsp3) is 1.00. The Morgan fingerprint density at radius 1 is 0.750 bits per heavy atom. The van der Waals surface area contributed by atoms with Gasteiger partial charge in [0.25, 0.3) is 0 Å². The van der Waals surface area contributed by atoms with E-state index < -0.39 is 0 Å². The summed E-state index contributed by atoms with van der Waals surface area (Å²) >= 11 is 0. The van der Waals surface area contributed by atoms with E-state index in [4.69, 9.17) is 14.6 Å². The molecular formula is C17H36O3. The van der Waals surface area contributed by atoms with Crippen LogP contribution in [0.1, 0.15) is 71.6 Å². The molecule has 0 amide bonds. The van der Waals surface area contributed by atoms with Gasteiger partial charge in [-0.15, -0.1) is 0 Å². The third-order valence-corrected chi connectivity index (χ3v) is 3.54. The molecule has 1 unspecified atom stereocenters. The molecular weight excluding hydrogens is 252 g/mol. The molecule has 20 heavy (non-hydrogen) atoms. The predicted molar refractivity (Wildman–Crippen MR) is 85.1 cm³/mol. The molecule has 1 N–H and O–H groups in total. The van der Waals surface area contributed by atoms with Crippen molar-refractivity contribution in [3.63, 3.8) is 0 Å². The fourth-order valence-corrected chi connectivity index (χ4v) is 2.36. The van der Waals surface area contributed by atoms with Crippen LogP contribution in [0.2, 0.25) is 0 Å². The first-order chi connectivity index (χ1) is 9.85. The van der Waals surface area contributed by atoms with E-state index in [1.54, 1.807) is 0 Å². The van der Waals surface area contributed by atoms with Crippen LogP contribution in [0.3, 0.4) is 0 Å². The zero-order valence-corrected chi connectivity index (χ0v) is 13.7. The van der Waals surface area contributed by atoms with Crippen molar-refractivity contribution in [3.05, 3.63) is 0 Å². The average molecular weight is 288 g/mol. The van der Waals surface area contributed by atoms with Crippen LogP contribution in [0.5, 0.6) is 0 Å². The lowest BCUT2D eigenvalue weighted by atomic mass is 9.97. The number of unbranched alkanes of at least 4 members (excludes halogenated alkanes) is 3. The van der Waals surface area contributed by atoms with Crippen molar-refractivity contribution in [1.29, 1.82) is 0 Å². The van der Waals surface area contributed by atoms with Gasteiger partial charge < -0.3 is 14.6 Å². The minimum absolute atomic E-state index is 0.216. The Morgan fingerprint density at radius 3 is 2.20 bits per heavy atom. The Morgan fingerprint density at radius 2 is 1.50 bits per heavy atom. The summed E-state index contributed by atoms with van der Waals surface area (Å²) in [6.07, 6.45) is 11.0. The summed E-state index contributed by atoms with van der Waals surface area (Å²) in [7, 11) is 0. The van der Waals surface area contributed by atoms with Gasteiger partial charge in [0.15, 0.2) is 0 Å². The fourth-order valence-electron chi connectivity index (χ4n) is 2.36. The van der Waals surface area contributed by atoms with Crippen LogP contribution in [0, 0.1) is 5.92 Å². The standard InChI is InChI=1S/C17H36O3/c1-3-5-6-7-11-17(10-4-2)16-20-15-9-14-19-13-8-12-18/h17-18H,3-16H2,1-2H3. The molecule has 1 atom stereocenters. The monoisotopic (exact) mass is 288 g/mol. The molecule has 0 aromatic heterocycles. The molecule has 0 radical (unpaired) electrons. The van der Waals surface area contributed by atoms with Gasteiger partial charge in [-0.05, 0) is 31.6 Å². The molecule has 0 aromatic carbocycles. The second-order valence-corrected chi connectivity index (χ2v) is 5.62. The summed E-state index contributed by atoms with van der Waals surface area (Å²) in [5, 5.41) is 8.62. The van der Waals surface area contributed by atoms with Crippen LogP contribution < -0.4 is 0 Å². The first kappa shape index (κ1) is 19.9. The number of ether oxygens (including phenoxy) is 2. The maximum absolute atomic E-state index is 8.62. The number of hydrogen-bond donors (Lipinski definition) is 1. The first-order valence-electron chi connectivity index (χ1n) is 8.61. The third-order valence-electron chi connectivity index (χ3n) is 3.54. The van der Waals surface area contributed by atoms with E-state index in [-0.39, 0.29) is 6.61 Å². The number of hydrogen-bond acceptors (Lipinski definition) is 3. The van der Waals surface area contributed by atoms with Gasteiger partial charge in [0, 0.05) is 33.0 Å². The largest absolute Gasteiger partial charge is 0.396 e. The summed E-state index contributed by atoms with van der Waals surface area (Å²) in [4.78, 5) is 0. The highest BCUT2D eigenvalue weighted by Gasteiger charge is 2.07. The van der Waals surface area contributed by atoms with Crippen LogP contribution in [0.4, 0.5) is 0 Å². The predicted octanol–water partition coefficient (Wildman–Crippen LogP) is 4.18. The molecule has 3 nitrogen and oxygen atoms in total. The van der Waals surface area contributed by atoms with Gasteiger partial charge in [-0.2, -0.15) is 0 Å². The summed E-state index contributed by atoms with van der Waals surface area (Å²) < 4.78 is 11.2. The average Bonchev–Trinajstić information content (AvgIpc) is 2.46. The molecule has 0 saturated heterocycles. The second-order valence-electron chi connectivity index (χ2n) is 5.62. The van der Waals surface area contributed by atoms with E-state index in [0.29, 0.717) is 6.61 Å². The Bertz CT molecular complexity index is 174. The Labute approximate surface area is 126 Å². The lowest BCUT2D eigenvalue weighted by molar-refractivity contribution is 0.0584. The van der Waals surface area contributed by atoms with Crippen LogP contribution in [-0.2, 0) is 9.47 Å². The van der Waals surface area contributed by atoms with E-state index >= 15 is 0 Å². The van der Waals surface area contributed by atoms with Gasteiger partial charge in [-0.3, -0.25) is 0 Å². The Kier molecular flexibility index (Phi) is 16.8. The maximum Gasteiger partial charge on any atom is 0.0494 e. The highest BCUT2D eigenvalue weighted by atomic mass is 16.5. The maximum atomic E-state index is 8.62. The lowest BCUT2D eigenvalue weighted by Gasteiger charge is -2.16. The molecule has 0 heterocycles. The van der Waals surface area contributed by atoms with E-state index in [1.165, 1.54) is 44.9 Å². The van der Waals surface area contributed by atoms with Crippen molar-refractivity contribution in [2.24, 2.45) is 5.92 Å². The molecule has 0 aliphatic rings. The van der Waals surface area contributed by atoms with Crippen molar-refractivity contribution in [2.75, 3.05) is 33.0 Å².